The second-order valence-corrected chi connectivity index (χ2v) is 7.19. The Morgan fingerprint density at radius 2 is 1.96 bits per heavy atom. The van der Waals surface area contributed by atoms with Crippen LogP contribution in [0.4, 0.5) is 0 Å². The van der Waals surface area contributed by atoms with Gasteiger partial charge in [0, 0.05) is 18.9 Å². The Kier molecular flexibility index (Phi) is 7.33. The van der Waals surface area contributed by atoms with Gasteiger partial charge in [0.05, 0.1) is 5.25 Å². The van der Waals surface area contributed by atoms with Gasteiger partial charge < -0.3 is 10.1 Å². The van der Waals surface area contributed by atoms with Crippen molar-refractivity contribution in [2.75, 3.05) is 6.54 Å². The van der Waals surface area contributed by atoms with E-state index in [0.29, 0.717) is 12.0 Å². The topological polar surface area (TPSA) is 89.5 Å². The van der Waals surface area contributed by atoms with Gasteiger partial charge in [-0.2, -0.15) is 0 Å². The second-order valence-electron chi connectivity index (χ2n) is 5.81. The standard InChI is InChI=1S/C18H21NO5S/c1-12(20)25-15(17(22)13-6-3-2-4-7-13)9-10-16(21)24-18(23)14-8-5-11-19-14/h2-4,6-7,14-15,19H,5,8-11H2,1H3/t14-,15?/m0/s1. The SMILES string of the molecule is CC(=O)SC(CCC(=O)OC(=O)[C@@H]1CCCN1)C(=O)c1ccccc1. The van der Waals surface area contributed by atoms with Gasteiger partial charge >= 0.3 is 11.9 Å². The maximum absolute atomic E-state index is 12.5. The molecule has 25 heavy (non-hydrogen) atoms. The first-order valence-corrected chi connectivity index (χ1v) is 9.09. The third-order valence-electron chi connectivity index (χ3n) is 3.83. The van der Waals surface area contributed by atoms with Crippen LogP contribution in [0.25, 0.3) is 0 Å². The molecule has 1 saturated heterocycles. The Morgan fingerprint density at radius 1 is 1.24 bits per heavy atom. The first kappa shape index (κ1) is 19.3. The molecule has 6 nitrogen and oxygen atoms in total. The molecule has 2 rings (SSSR count). The average molecular weight is 363 g/mol. The molecular weight excluding hydrogens is 342 g/mol. The van der Waals surface area contributed by atoms with Crippen LogP contribution in [0.2, 0.25) is 0 Å². The minimum absolute atomic E-state index is 0.0953. The number of rotatable bonds is 7. The van der Waals surface area contributed by atoms with E-state index in [2.05, 4.69) is 5.32 Å². The zero-order valence-corrected chi connectivity index (χ0v) is 14.8. The average Bonchev–Trinajstić information content (AvgIpc) is 3.13. The van der Waals surface area contributed by atoms with Gasteiger partial charge in [0.15, 0.2) is 10.9 Å². The molecule has 0 aromatic heterocycles. The predicted octanol–water partition coefficient (Wildman–Crippen LogP) is 2.12. The minimum Gasteiger partial charge on any atom is -0.392 e. The first-order valence-electron chi connectivity index (χ1n) is 8.21. The van der Waals surface area contributed by atoms with E-state index in [1.807, 2.05) is 0 Å². The highest BCUT2D eigenvalue weighted by Gasteiger charge is 2.27. The molecule has 1 aromatic carbocycles. The Balaban J connectivity index is 1.90. The third kappa shape index (κ3) is 6.10. The summed E-state index contributed by atoms with van der Waals surface area (Å²) in [5.74, 6) is -1.46. The van der Waals surface area contributed by atoms with Crippen LogP contribution in [0.5, 0.6) is 0 Å². The van der Waals surface area contributed by atoms with Crippen molar-refractivity contribution in [3.8, 4) is 0 Å². The van der Waals surface area contributed by atoms with Crippen LogP contribution in [-0.2, 0) is 19.1 Å². The molecule has 2 atom stereocenters. The monoisotopic (exact) mass is 363 g/mol. The molecule has 1 aliphatic rings. The number of hydrogen-bond acceptors (Lipinski definition) is 7. The number of hydrogen-bond donors (Lipinski definition) is 1. The van der Waals surface area contributed by atoms with E-state index in [0.717, 1.165) is 24.7 Å². The van der Waals surface area contributed by atoms with Gasteiger partial charge in [0.1, 0.15) is 6.04 Å². The van der Waals surface area contributed by atoms with Crippen molar-refractivity contribution in [1.82, 2.24) is 5.32 Å². The van der Waals surface area contributed by atoms with Crippen LogP contribution in [0.1, 0.15) is 43.0 Å². The van der Waals surface area contributed by atoms with Gasteiger partial charge in [-0.25, -0.2) is 4.79 Å². The molecule has 134 valence electrons. The number of esters is 2. The van der Waals surface area contributed by atoms with Crippen molar-refractivity contribution in [3.63, 3.8) is 0 Å². The second kappa shape index (κ2) is 9.48. The van der Waals surface area contributed by atoms with Crippen LogP contribution >= 0.6 is 11.8 Å². The fraction of sp³-hybridized carbons (Fsp3) is 0.444. The van der Waals surface area contributed by atoms with Crippen LogP contribution in [0.15, 0.2) is 30.3 Å². The van der Waals surface area contributed by atoms with Gasteiger partial charge in [0.2, 0.25) is 0 Å². The molecule has 0 radical (unpaired) electrons. The highest BCUT2D eigenvalue weighted by molar-refractivity contribution is 8.14. The van der Waals surface area contributed by atoms with E-state index in [9.17, 15) is 19.2 Å². The van der Waals surface area contributed by atoms with Crippen molar-refractivity contribution in [2.24, 2.45) is 0 Å². The molecule has 1 aliphatic heterocycles. The zero-order valence-electron chi connectivity index (χ0n) is 14.0. The lowest BCUT2D eigenvalue weighted by Crippen LogP contribution is -2.34. The fourth-order valence-corrected chi connectivity index (χ4v) is 3.48. The number of Topliss-reactive ketones (excluding diaryl/α,β-unsaturated/α-hetero) is 1. The molecule has 1 unspecified atom stereocenters. The van der Waals surface area contributed by atoms with Gasteiger partial charge in [-0.1, -0.05) is 42.1 Å². The minimum atomic E-state index is -0.674. The summed E-state index contributed by atoms with van der Waals surface area (Å²) in [4.78, 5) is 47.6. The van der Waals surface area contributed by atoms with Crippen molar-refractivity contribution in [2.45, 2.75) is 43.9 Å². The summed E-state index contributed by atoms with van der Waals surface area (Å²) in [5.41, 5.74) is 0.487. The Labute approximate surface area is 150 Å². The Bertz CT molecular complexity index is 640. The number of carbonyl (C=O) groups excluding carboxylic acids is 4. The molecule has 0 amide bonds. The summed E-state index contributed by atoms with van der Waals surface area (Å²) in [7, 11) is 0. The van der Waals surface area contributed by atoms with Crippen molar-refractivity contribution in [3.05, 3.63) is 35.9 Å². The van der Waals surface area contributed by atoms with E-state index >= 15 is 0 Å². The van der Waals surface area contributed by atoms with Gasteiger partial charge in [-0.05, 0) is 25.8 Å². The van der Waals surface area contributed by atoms with Gasteiger partial charge in [-0.15, -0.1) is 0 Å². The predicted molar refractivity (Wildman–Crippen MR) is 94.2 cm³/mol. The quantitative estimate of drug-likeness (QED) is 0.451. The number of benzene rings is 1. The number of carbonyl (C=O) groups is 4. The molecule has 1 fully saturated rings. The molecule has 7 heteroatoms. The Morgan fingerprint density at radius 3 is 2.56 bits per heavy atom. The normalized spacial score (nSPS) is 17.7. The fourth-order valence-electron chi connectivity index (χ4n) is 2.60. The van der Waals surface area contributed by atoms with Crippen molar-refractivity contribution < 1.29 is 23.9 Å². The summed E-state index contributed by atoms with van der Waals surface area (Å²) in [6.45, 7) is 2.11. The maximum atomic E-state index is 12.5. The van der Waals surface area contributed by atoms with Crippen LogP contribution in [0.3, 0.4) is 0 Å². The summed E-state index contributed by atoms with van der Waals surface area (Å²) in [6, 6.07) is 8.18. The van der Waals surface area contributed by atoms with E-state index in [4.69, 9.17) is 4.74 Å². The van der Waals surface area contributed by atoms with Crippen molar-refractivity contribution in [1.29, 1.82) is 0 Å². The highest BCUT2D eigenvalue weighted by atomic mass is 32.2. The van der Waals surface area contributed by atoms with Crippen LogP contribution < -0.4 is 5.32 Å². The third-order valence-corrected chi connectivity index (χ3v) is 4.90. The van der Waals surface area contributed by atoms with E-state index in [1.165, 1.54) is 6.92 Å². The number of ether oxygens (including phenoxy) is 1. The maximum Gasteiger partial charge on any atom is 0.330 e. The first-order chi connectivity index (χ1) is 12.0. The van der Waals surface area contributed by atoms with E-state index in [-0.39, 0.29) is 23.7 Å². The molecule has 1 aromatic rings. The lowest BCUT2D eigenvalue weighted by atomic mass is 10.1. The van der Waals surface area contributed by atoms with E-state index in [1.54, 1.807) is 30.3 Å². The highest BCUT2D eigenvalue weighted by Crippen LogP contribution is 2.22. The lowest BCUT2D eigenvalue weighted by molar-refractivity contribution is -0.161. The Hall–Kier alpha value is -1.99. The number of nitrogens with one attached hydrogen (secondary N) is 1. The largest absolute Gasteiger partial charge is 0.392 e. The van der Waals surface area contributed by atoms with Crippen LogP contribution in [0, 0.1) is 0 Å². The summed E-state index contributed by atoms with van der Waals surface area (Å²) < 4.78 is 4.83. The molecule has 0 aliphatic carbocycles. The summed E-state index contributed by atoms with van der Waals surface area (Å²) >= 11 is 0.895. The van der Waals surface area contributed by atoms with Gasteiger partial charge in [-0.3, -0.25) is 14.4 Å². The zero-order chi connectivity index (χ0) is 18.2. The van der Waals surface area contributed by atoms with Gasteiger partial charge in [0.25, 0.3) is 0 Å². The molecular formula is C18H21NO5S. The number of ketones is 1. The summed E-state index contributed by atoms with van der Waals surface area (Å²) in [5, 5.41) is 2.09. The summed E-state index contributed by atoms with van der Waals surface area (Å²) in [6.07, 6.45) is 1.57. The van der Waals surface area contributed by atoms with E-state index < -0.39 is 23.2 Å². The van der Waals surface area contributed by atoms with Crippen LogP contribution in [-0.4, -0.2) is 40.7 Å². The lowest BCUT2D eigenvalue weighted by Gasteiger charge is -2.14. The smallest absolute Gasteiger partial charge is 0.330 e. The molecule has 1 N–H and O–H groups in total. The molecule has 0 bridgehead atoms. The van der Waals surface area contributed by atoms with Crippen molar-refractivity contribution >= 4 is 34.6 Å². The molecule has 1 heterocycles. The number of thioether (sulfide) groups is 1. The molecule has 0 saturated carbocycles. The molecule has 0 spiro atoms.